The molecule has 108 valence electrons. The van der Waals surface area contributed by atoms with Crippen LogP contribution in [-0.4, -0.2) is 46.7 Å². The Hall–Kier alpha value is -0.130. The lowest BCUT2D eigenvalue weighted by atomic mass is 9.71. The second kappa shape index (κ2) is 6.87. The lowest BCUT2D eigenvalue weighted by Crippen LogP contribution is -2.41. The fourth-order valence-corrected chi connectivity index (χ4v) is 4.95. The van der Waals surface area contributed by atoms with E-state index < -0.39 is 9.84 Å². The quantitative estimate of drug-likeness (QED) is 0.683. The van der Waals surface area contributed by atoms with E-state index >= 15 is 0 Å². The molecule has 0 aromatic carbocycles. The second-order valence-corrected chi connectivity index (χ2v) is 7.57. The summed E-state index contributed by atoms with van der Waals surface area (Å²) in [5, 5.41) is 3.41. The summed E-state index contributed by atoms with van der Waals surface area (Å²) in [6, 6.07) is 0. The molecule has 1 rings (SSSR count). The fourth-order valence-electron chi connectivity index (χ4n) is 3.01. The van der Waals surface area contributed by atoms with Gasteiger partial charge >= 0.3 is 0 Å². The average molecular weight is 277 g/mol. The van der Waals surface area contributed by atoms with E-state index in [1.54, 1.807) is 7.11 Å². The van der Waals surface area contributed by atoms with E-state index in [9.17, 15) is 8.42 Å². The van der Waals surface area contributed by atoms with Gasteiger partial charge in [0.1, 0.15) is 0 Å². The van der Waals surface area contributed by atoms with Gasteiger partial charge < -0.3 is 10.1 Å². The zero-order valence-electron chi connectivity index (χ0n) is 11.9. The summed E-state index contributed by atoms with van der Waals surface area (Å²) in [6.07, 6.45) is 2.89. The predicted octanol–water partition coefficient (Wildman–Crippen LogP) is 1.46. The third kappa shape index (κ3) is 3.93. The van der Waals surface area contributed by atoms with Crippen molar-refractivity contribution in [1.82, 2.24) is 5.32 Å². The molecular formula is C13H27NO3S. The molecule has 0 aliphatic carbocycles. The molecule has 1 fully saturated rings. The number of rotatable bonds is 8. The van der Waals surface area contributed by atoms with Crippen LogP contribution in [0, 0.1) is 11.3 Å². The largest absolute Gasteiger partial charge is 0.383 e. The molecule has 0 spiro atoms. The summed E-state index contributed by atoms with van der Waals surface area (Å²) in [5.41, 5.74) is 0.122. The van der Waals surface area contributed by atoms with Gasteiger partial charge in [-0.05, 0) is 30.6 Å². The Bertz CT molecular complexity index is 336. The lowest BCUT2D eigenvalue weighted by molar-refractivity contribution is 0.144. The maximum absolute atomic E-state index is 11.7. The van der Waals surface area contributed by atoms with Crippen molar-refractivity contribution in [2.24, 2.45) is 11.3 Å². The molecule has 5 heteroatoms. The average Bonchev–Trinajstić information content (AvgIpc) is 2.71. The molecule has 0 radical (unpaired) electrons. The van der Waals surface area contributed by atoms with Crippen molar-refractivity contribution in [1.29, 1.82) is 0 Å². The van der Waals surface area contributed by atoms with Crippen LogP contribution < -0.4 is 5.32 Å². The van der Waals surface area contributed by atoms with Gasteiger partial charge in [0, 0.05) is 20.2 Å². The molecule has 1 aliphatic heterocycles. The van der Waals surface area contributed by atoms with Crippen LogP contribution >= 0.6 is 0 Å². The normalized spacial score (nSPS) is 23.4. The Kier molecular flexibility index (Phi) is 6.08. The highest BCUT2D eigenvalue weighted by molar-refractivity contribution is 7.91. The number of methoxy groups -OCH3 is 1. The van der Waals surface area contributed by atoms with Crippen molar-refractivity contribution in [2.75, 3.05) is 38.3 Å². The summed E-state index contributed by atoms with van der Waals surface area (Å²) in [5.74, 6) is 1.06. The summed E-state index contributed by atoms with van der Waals surface area (Å²) in [6.45, 7) is 6.77. The highest BCUT2D eigenvalue weighted by Gasteiger charge is 2.41. The first kappa shape index (κ1) is 15.9. The first-order valence-electron chi connectivity index (χ1n) is 6.89. The molecule has 18 heavy (non-hydrogen) atoms. The van der Waals surface area contributed by atoms with Gasteiger partial charge in [-0.15, -0.1) is 0 Å². The Morgan fingerprint density at radius 1 is 1.33 bits per heavy atom. The first-order chi connectivity index (χ1) is 8.49. The number of ether oxygens (including phenoxy) is 1. The molecule has 0 saturated carbocycles. The van der Waals surface area contributed by atoms with E-state index in [1.165, 1.54) is 0 Å². The van der Waals surface area contributed by atoms with Gasteiger partial charge in [-0.3, -0.25) is 0 Å². The van der Waals surface area contributed by atoms with E-state index in [4.69, 9.17) is 4.74 Å². The molecule has 1 heterocycles. The number of hydrogen-bond donors (Lipinski definition) is 1. The molecule has 4 nitrogen and oxygen atoms in total. The Morgan fingerprint density at radius 3 is 2.44 bits per heavy atom. The van der Waals surface area contributed by atoms with Crippen molar-refractivity contribution in [3.63, 3.8) is 0 Å². The van der Waals surface area contributed by atoms with E-state index in [0.29, 0.717) is 24.0 Å². The minimum Gasteiger partial charge on any atom is -0.383 e. The topological polar surface area (TPSA) is 55.4 Å². The van der Waals surface area contributed by atoms with Gasteiger partial charge in [0.25, 0.3) is 0 Å². The Morgan fingerprint density at radius 2 is 2.00 bits per heavy atom. The summed E-state index contributed by atoms with van der Waals surface area (Å²) >= 11 is 0. The Balaban J connectivity index is 2.62. The third-order valence-electron chi connectivity index (χ3n) is 4.47. The molecule has 1 N–H and O–H groups in total. The van der Waals surface area contributed by atoms with Crippen LogP contribution in [0.15, 0.2) is 0 Å². The molecule has 0 amide bonds. The van der Waals surface area contributed by atoms with Crippen LogP contribution in [0.2, 0.25) is 0 Å². The van der Waals surface area contributed by atoms with E-state index in [-0.39, 0.29) is 5.41 Å². The lowest BCUT2D eigenvalue weighted by Gasteiger charge is -2.37. The SMILES string of the molecule is CCC(CC)(CNCCOC)C1CCS(=O)(=O)C1. The standard InChI is InChI=1S/C13H27NO3S/c1-4-13(5-2,11-14-7-8-17-3)12-6-9-18(15,16)10-12/h12,14H,4-11H2,1-3H3. The molecule has 1 atom stereocenters. The maximum atomic E-state index is 11.7. The zero-order valence-corrected chi connectivity index (χ0v) is 12.7. The van der Waals surface area contributed by atoms with Gasteiger partial charge in [0.15, 0.2) is 9.84 Å². The van der Waals surface area contributed by atoms with Crippen LogP contribution in [0.25, 0.3) is 0 Å². The first-order valence-corrected chi connectivity index (χ1v) is 8.72. The van der Waals surface area contributed by atoms with Gasteiger partial charge in [-0.1, -0.05) is 13.8 Å². The highest BCUT2D eigenvalue weighted by atomic mass is 32.2. The Labute approximate surface area is 111 Å². The zero-order chi connectivity index (χ0) is 13.6. The molecule has 1 aliphatic rings. The molecule has 0 bridgehead atoms. The fraction of sp³-hybridized carbons (Fsp3) is 1.00. The highest BCUT2D eigenvalue weighted by Crippen LogP contribution is 2.41. The van der Waals surface area contributed by atoms with E-state index in [1.807, 2.05) is 0 Å². The van der Waals surface area contributed by atoms with Gasteiger partial charge in [-0.25, -0.2) is 8.42 Å². The smallest absolute Gasteiger partial charge is 0.150 e. The van der Waals surface area contributed by atoms with Crippen molar-refractivity contribution in [3.8, 4) is 0 Å². The van der Waals surface area contributed by atoms with Crippen molar-refractivity contribution in [3.05, 3.63) is 0 Å². The van der Waals surface area contributed by atoms with Crippen molar-refractivity contribution >= 4 is 9.84 Å². The van der Waals surface area contributed by atoms with Gasteiger partial charge in [-0.2, -0.15) is 0 Å². The minimum absolute atomic E-state index is 0.122. The summed E-state index contributed by atoms with van der Waals surface area (Å²) in [4.78, 5) is 0. The predicted molar refractivity (Wildman–Crippen MR) is 74.5 cm³/mol. The maximum Gasteiger partial charge on any atom is 0.150 e. The third-order valence-corrected chi connectivity index (χ3v) is 6.23. The monoisotopic (exact) mass is 277 g/mol. The van der Waals surface area contributed by atoms with Crippen LogP contribution in [0.4, 0.5) is 0 Å². The minimum atomic E-state index is -2.79. The number of sulfone groups is 1. The molecule has 0 aromatic heterocycles. The van der Waals surface area contributed by atoms with Crippen LogP contribution in [0.1, 0.15) is 33.1 Å². The summed E-state index contributed by atoms with van der Waals surface area (Å²) < 4.78 is 28.3. The van der Waals surface area contributed by atoms with Crippen LogP contribution in [0.3, 0.4) is 0 Å². The number of hydrogen-bond acceptors (Lipinski definition) is 4. The van der Waals surface area contributed by atoms with Crippen molar-refractivity contribution < 1.29 is 13.2 Å². The van der Waals surface area contributed by atoms with Gasteiger partial charge in [0.05, 0.1) is 18.1 Å². The van der Waals surface area contributed by atoms with Crippen LogP contribution in [0.5, 0.6) is 0 Å². The molecule has 0 aromatic rings. The van der Waals surface area contributed by atoms with Crippen molar-refractivity contribution in [2.45, 2.75) is 33.1 Å². The van der Waals surface area contributed by atoms with E-state index in [2.05, 4.69) is 19.2 Å². The molecular weight excluding hydrogens is 250 g/mol. The molecule has 1 unspecified atom stereocenters. The van der Waals surface area contributed by atoms with Crippen LogP contribution in [-0.2, 0) is 14.6 Å². The number of nitrogens with one attached hydrogen (secondary N) is 1. The molecule has 1 saturated heterocycles. The van der Waals surface area contributed by atoms with Gasteiger partial charge in [0.2, 0.25) is 0 Å². The second-order valence-electron chi connectivity index (χ2n) is 5.34. The van der Waals surface area contributed by atoms with E-state index in [0.717, 1.165) is 32.4 Å². The summed E-state index contributed by atoms with van der Waals surface area (Å²) in [7, 11) is -1.09.